The molecule has 1 unspecified atom stereocenters. The lowest BCUT2D eigenvalue weighted by Gasteiger charge is -2.47. The first-order valence-corrected chi connectivity index (χ1v) is 12.2. The summed E-state index contributed by atoms with van der Waals surface area (Å²) in [6.07, 6.45) is 1.59. The van der Waals surface area contributed by atoms with Crippen LogP contribution in [-0.4, -0.2) is 51.1 Å². The van der Waals surface area contributed by atoms with Crippen molar-refractivity contribution in [2.45, 2.75) is 92.1 Å². The molecular formula is C16H35N2OPS2. The zero-order valence-corrected chi connectivity index (χ0v) is 18.1. The topological polar surface area (TPSA) is 15.7 Å². The summed E-state index contributed by atoms with van der Waals surface area (Å²) < 4.78 is 11.9. The smallest absolute Gasteiger partial charge is 0.189 e. The summed E-state index contributed by atoms with van der Waals surface area (Å²) in [5.74, 6) is 2.34. The minimum atomic E-state index is -0.724. The van der Waals surface area contributed by atoms with E-state index in [0.717, 1.165) is 5.75 Å². The number of hydrogen-bond donors (Lipinski definition) is 0. The molecule has 0 saturated carbocycles. The molecular weight excluding hydrogens is 331 g/mol. The second-order valence-corrected chi connectivity index (χ2v) is 11.3. The number of nitrogens with zero attached hydrogens (tertiary/aromatic N) is 2. The molecule has 1 saturated heterocycles. The Balaban J connectivity index is 3.00. The Morgan fingerprint density at radius 2 is 1.27 bits per heavy atom. The molecule has 0 amide bonds. The number of rotatable bonds is 8. The SMILES string of the molecule is CC(C)N(C(C)C)P(OC1CCSSC1)N(C(C)C)C(C)C. The van der Waals surface area contributed by atoms with E-state index >= 15 is 0 Å². The molecule has 132 valence electrons. The van der Waals surface area contributed by atoms with Gasteiger partial charge in [0.2, 0.25) is 0 Å². The van der Waals surface area contributed by atoms with E-state index in [1.54, 1.807) is 0 Å². The van der Waals surface area contributed by atoms with Crippen LogP contribution in [0.15, 0.2) is 0 Å². The molecule has 1 fully saturated rings. The zero-order valence-electron chi connectivity index (χ0n) is 15.6. The highest BCUT2D eigenvalue weighted by Crippen LogP contribution is 2.52. The summed E-state index contributed by atoms with van der Waals surface area (Å²) in [5.41, 5.74) is 0. The molecule has 0 aromatic heterocycles. The highest BCUT2D eigenvalue weighted by atomic mass is 33.1. The summed E-state index contributed by atoms with van der Waals surface area (Å²) in [4.78, 5) is 0. The van der Waals surface area contributed by atoms with Crippen molar-refractivity contribution in [3.8, 4) is 0 Å². The van der Waals surface area contributed by atoms with Gasteiger partial charge in [-0.3, -0.25) is 0 Å². The Hall–Kier alpha value is 1.01. The third-order valence-electron chi connectivity index (χ3n) is 3.62. The molecule has 22 heavy (non-hydrogen) atoms. The van der Waals surface area contributed by atoms with Crippen molar-refractivity contribution >= 4 is 30.0 Å². The van der Waals surface area contributed by atoms with E-state index in [0.29, 0.717) is 30.3 Å². The second kappa shape index (κ2) is 10.1. The van der Waals surface area contributed by atoms with Crippen LogP contribution in [0.4, 0.5) is 0 Å². The summed E-state index contributed by atoms with van der Waals surface area (Å²) in [6.45, 7) is 18.4. The normalized spacial score (nSPS) is 20.6. The average Bonchev–Trinajstić information content (AvgIpc) is 2.37. The van der Waals surface area contributed by atoms with Crippen LogP contribution in [0.5, 0.6) is 0 Å². The standard InChI is InChI=1S/C16H35N2OPS2/c1-12(2)17(13(3)4)20(18(14(5)6)15(7)8)19-16-9-10-21-22-11-16/h12-16H,9-11H2,1-8H3. The van der Waals surface area contributed by atoms with Gasteiger partial charge in [0, 0.05) is 35.7 Å². The van der Waals surface area contributed by atoms with Crippen LogP contribution in [0.25, 0.3) is 0 Å². The van der Waals surface area contributed by atoms with E-state index in [9.17, 15) is 0 Å². The third-order valence-corrected chi connectivity index (χ3v) is 9.22. The van der Waals surface area contributed by atoms with Gasteiger partial charge in [-0.05, 0) is 61.8 Å². The first kappa shape index (κ1) is 21.1. The Bertz CT molecular complexity index is 275. The van der Waals surface area contributed by atoms with Gasteiger partial charge in [0.05, 0.1) is 6.10 Å². The van der Waals surface area contributed by atoms with Crippen molar-refractivity contribution in [3.63, 3.8) is 0 Å². The summed E-state index contributed by atoms with van der Waals surface area (Å²) in [7, 11) is 3.23. The fourth-order valence-electron chi connectivity index (χ4n) is 2.87. The van der Waals surface area contributed by atoms with Gasteiger partial charge in [0.25, 0.3) is 0 Å². The van der Waals surface area contributed by atoms with Crippen LogP contribution in [-0.2, 0) is 4.52 Å². The molecule has 0 aromatic carbocycles. The van der Waals surface area contributed by atoms with Gasteiger partial charge in [0.15, 0.2) is 8.45 Å². The van der Waals surface area contributed by atoms with Gasteiger partial charge in [-0.15, -0.1) is 0 Å². The number of hydrogen-bond acceptors (Lipinski definition) is 5. The Morgan fingerprint density at radius 3 is 1.59 bits per heavy atom. The monoisotopic (exact) mass is 366 g/mol. The van der Waals surface area contributed by atoms with Gasteiger partial charge < -0.3 is 4.52 Å². The van der Waals surface area contributed by atoms with Gasteiger partial charge in [-0.25, -0.2) is 9.34 Å². The van der Waals surface area contributed by atoms with E-state index in [-0.39, 0.29) is 0 Å². The molecule has 1 atom stereocenters. The van der Waals surface area contributed by atoms with Gasteiger partial charge in [-0.1, -0.05) is 21.6 Å². The fourth-order valence-corrected chi connectivity index (χ4v) is 7.80. The van der Waals surface area contributed by atoms with E-state index in [1.165, 1.54) is 12.2 Å². The molecule has 0 bridgehead atoms. The first-order valence-electron chi connectivity index (χ1n) is 8.53. The van der Waals surface area contributed by atoms with Crippen LogP contribution >= 0.6 is 30.0 Å². The van der Waals surface area contributed by atoms with Gasteiger partial charge >= 0.3 is 0 Å². The average molecular weight is 367 g/mol. The Morgan fingerprint density at radius 1 is 0.818 bits per heavy atom. The van der Waals surface area contributed by atoms with Crippen molar-refractivity contribution in [1.82, 2.24) is 9.34 Å². The van der Waals surface area contributed by atoms with Crippen molar-refractivity contribution in [2.75, 3.05) is 11.5 Å². The Kier molecular flexibility index (Phi) is 9.67. The van der Waals surface area contributed by atoms with Crippen molar-refractivity contribution in [1.29, 1.82) is 0 Å². The largest absolute Gasteiger partial charge is 0.327 e. The first-order chi connectivity index (χ1) is 10.3. The molecule has 6 heteroatoms. The van der Waals surface area contributed by atoms with Crippen molar-refractivity contribution in [3.05, 3.63) is 0 Å². The summed E-state index contributed by atoms with van der Waals surface area (Å²) in [5, 5.41) is 0. The van der Waals surface area contributed by atoms with E-state index in [4.69, 9.17) is 4.52 Å². The lowest BCUT2D eigenvalue weighted by molar-refractivity contribution is 0.152. The molecule has 1 aliphatic heterocycles. The molecule has 1 heterocycles. The Labute approximate surface area is 147 Å². The fraction of sp³-hybridized carbons (Fsp3) is 1.00. The van der Waals surface area contributed by atoms with Crippen molar-refractivity contribution < 1.29 is 4.52 Å². The highest BCUT2D eigenvalue weighted by molar-refractivity contribution is 8.76. The predicted molar refractivity (Wildman–Crippen MR) is 106 cm³/mol. The summed E-state index contributed by atoms with van der Waals surface area (Å²) >= 11 is 0. The van der Waals surface area contributed by atoms with Crippen LogP contribution in [0.1, 0.15) is 61.8 Å². The molecule has 0 aliphatic carbocycles. The molecule has 1 rings (SSSR count). The second-order valence-electron chi connectivity index (χ2n) is 7.01. The van der Waals surface area contributed by atoms with E-state index in [2.05, 4.69) is 64.7 Å². The predicted octanol–water partition coefficient (Wildman–Crippen LogP) is 5.62. The van der Waals surface area contributed by atoms with Crippen LogP contribution in [0, 0.1) is 0 Å². The van der Waals surface area contributed by atoms with Crippen LogP contribution in [0.3, 0.4) is 0 Å². The van der Waals surface area contributed by atoms with Gasteiger partial charge in [0.1, 0.15) is 0 Å². The molecule has 0 aromatic rings. The highest BCUT2D eigenvalue weighted by Gasteiger charge is 2.36. The molecule has 0 spiro atoms. The van der Waals surface area contributed by atoms with Gasteiger partial charge in [-0.2, -0.15) is 0 Å². The van der Waals surface area contributed by atoms with E-state index in [1.807, 2.05) is 21.6 Å². The summed E-state index contributed by atoms with van der Waals surface area (Å²) in [6, 6.07) is 1.99. The lowest BCUT2D eigenvalue weighted by Crippen LogP contribution is -2.44. The lowest BCUT2D eigenvalue weighted by atomic mass is 10.3. The maximum atomic E-state index is 6.74. The quantitative estimate of drug-likeness (QED) is 0.408. The minimum absolute atomic E-state index is 0.400. The maximum absolute atomic E-state index is 6.74. The third kappa shape index (κ3) is 6.14. The minimum Gasteiger partial charge on any atom is -0.327 e. The maximum Gasteiger partial charge on any atom is 0.189 e. The zero-order chi connectivity index (χ0) is 16.9. The van der Waals surface area contributed by atoms with E-state index < -0.39 is 8.45 Å². The van der Waals surface area contributed by atoms with Crippen LogP contribution < -0.4 is 0 Å². The molecule has 1 aliphatic rings. The molecule has 0 N–H and O–H groups in total. The molecule has 0 radical (unpaired) electrons. The van der Waals surface area contributed by atoms with Crippen molar-refractivity contribution in [2.24, 2.45) is 0 Å². The molecule has 3 nitrogen and oxygen atoms in total. The van der Waals surface area contributed by atoms with Crippen LogP contribution in [0.2, 0.25) is 0 Å².